The largest absolute Gasteiger partial charge is 0.338 e. The van der Waals surface area contributed by atoms with Crippen LogP contribution in [0.15, 0.2) is 76.9 Å². The normalized spacial score (nSPS) is 17.0. The molecule has 1 aliphatic heterocycles. The van der Waals surface area contributed by atoms with Crippen molar-refractivity contribution in [3.8, 4) is 22.5 Å². The van der Waals surface area contributed by atoms with Gasteiger partial charge in [-0.15, -0.1) is 0 Å². The maximum atomic E-state index is 12.6. The van der Waals surface area contributed by atoms with Gasteiger partial charge in [-0.25, -0.2) is 4.98 Å². The van der Waals surface area contributed by atoms with Crippen molar-refractivity contribution in [1.82, 2.24) is 24.6 Å². The van der Waals surface area contributed by atoms with Crippen molar-refractivity contribution in [3.05, 3.63) is 76.9 Å². The van der Waals surface area contributed by atoms with E-state index in [-0.39, 0.29) is 5.92 Å². The number of rotatable bonds is 4. The molecule has 0 atom stereocenters. The fourth-order valence-corrected chi connectivity index (χ4v) is 5.54. The van der Waals surface area contributed by atoms with Gasteiger partial charge in [0.15, 0.2) is 0 Å². The lowest BCUT2D eigenvalue weighted by molar-refractivity contribution is -0.131. The third-order valence-corrected chi connectivity index (χ3v) is 7.88. The molecular formula is C29H24BrN5O. The summed E-state index contributed by atoms with van der Waals surface area (Å²) in [6, 6.07) is 21.1. The summed E-state index contributed by atoms with van der Waals surface area (Å²) in [7, 11) is 0. The van der Waals surface area contributed by atoms with Crippen LogP contribution in [0.1, 0.15) is 19.3 Å². The lowest BCUT2D eigenvalue weighted by Gasteiger charge is -2.14. The summed E-state index contributed by atoms with van der Waals surface area (Å²) < 4.78 is 3.16. The van der Waals surface area contributed by atoms with E-state index in [1.807, 2.05) is 23.2 Å². The quantitative estimate of drug-likeness (QED) is 0.284. The van der Waals surface area contributed by atoms with Gasteiger partial charge in [-0.3, -0.25) is 14.5 Å². The van der Waals surface area contributed by atoms with Gasteiger partial charge in [0.05, 0.1) is 17.2 Å². The monoisotopic (exact) mass is 537 g/mol. The number of carbonyl (C=O) groups excluding carboxylic acids is 1. The number of aromatic amines is 1. The lowest BCUT2D eigenvalue weighted by Crippen LogP contribution is -2.29. The average Bonchev–Trinajstić information content (AvgIpc) is 3.30. The van der Waals surface area contributed by atoms with Crippen LogP contribution in [0.2, 0.25) is 0 Å². The van der Waals surface area contributed by atoms with E-state index in [1.165, 1.54) is 5.57 Å². The molecule has 0 unspecified atom stereocenters. The number of aromatic nitrogens is 4. The zero-order chi connectivity index (χ0) is 24.2. The predicted molar refractivity (Wildman–Crippen MR) is 146 cm³/mol. The highest BCUT2D eigenvalue weighted by atomic mass is 79.9. The van der Waals surface area contributed by atoms with Gasteiger partial charge in [-0.05, 0) is 70.1 Å². The molecule has 5 aromatic rings. The van der Waals surface area contributed by atoms with Crippen molar-refractivity contribution >= 4 is 50.0 Å². The summed E-state index contributed by atoms with van der Waals surface area (Å²) in [6.07, 6.45) is 7.03. The Morgan fingerprint density at radius 3 is 2.67 bits per heavy atom. The highest BCUT2D eigenvalue weighted by Crippen LogP contribution is 2.35. The smallest absolute Gasteiger partial charge is 0.225 e. The molecule has 1 saturated carbocycles. The minimum absolute atomic E-state index is 0.262. The van der Waals surface area contributed by atoms with Crippen molar-refractivity contribution in [2.75, 3.05) is 13.1 Å². The van der Waals surface area contributed by atoms with Crippen molar-refractivity contribution in [2.45, 2.75) is 19.3 Å². The summed E-state index contributed by atoms with van der Waals surface area (Å²) in [5.41, 5.74) is 7.60. The van der Waals surface area contributed by atoms with Gasteiger partial charge < -0.3 is 4.90 Å². The zero-order valence-corrected chi connectivity index (χ0v) is 21.2. The lowest BCUT2D eigenvalue weighted by atomic mass is 10.0. The Morgan fingerprint density at radius 2 is 1.83 bits per heavy atom. The number of imidazole rings is 1. The summed E-state index contributed by atoms with van der Waals surface area (Å²) in [5.74, 6) is 1.48. The van der Waals surface area contributed by atoms with Gasteiger partial charge in [0.25, 0.3) is 0 Å². The first-order chi connectivity index (χ1) is 17.6. The molecular weight excluding hydrogens is 514 g/mol. The molecule has 0 bridgehead atoms. The number of H-pyrrole nitrogens is 1. The SMILES string of the molecule is O=C(C1CC1)N1CCC(=Cn2c(-c3ccc(-c4ccc5cn[nH]c5c4)cc3)nc3c(Br)cccc32)C1. The number of halogens is 1. The molecule has 178 valence electrons. The Balaban J connectivity index is 1.26. The van der Waals surface area contributed by atoms with Crippen molar-refractivity contribution in [3.63, 3.8) is 0 Å². The number of para-hydroxylation sites is 1. The molecule has 1 saturated heterocycles. The Kier molecular flexibility index (Phi) is 5.06. The van der Waals surface area contributed by atoms with E-state index in [4.69, 9.17) is 4.98 Å². The number of fused-ring (bicyclic) bond motifs is 2. The molecule has 2 fully saturated rings. The van der Waals surface area contributed by atoms with Crippen LogP contribution in [0.5, 0.6) is 0 Å². The van der Waals surface area contributed by atoms with Crippen LogP contribution < -0.4 is 0 Å². The van der Waals surface area contributed by atoms with Crippen molar-refractivity contribution in [2.24, 2.45) is 5.92 Å². The fourth-order valence-electron chi connectivity index (χ4n) is 5.09. The topological polar surface area (TPSA) is 66.8 Å². The minimum Gasteiger partial charge on any atom is -0.338 e. The number of benzene rings is 3. The molecule has 7 heteroatoms. The van der Waals surface area contributed by atoms with E-state index >= 15 is 0 Å². The van der Waals surface area contributed by atoms with Crippen LogP contribution in [0, 0.1) is 5.92 Å². The Hall–Kier alpha value is -3.71. The van der Waals surface area contributed by atoms with Crippen molar-refractivity contribution in [1.29, 1.82) is 0 Å². The predicted octanol–water partition coefficient (Wildman–Crippen LogP) is 6.49. The van der Waals surface area contributed by atoms with Crippen LogP contribution in [0.3, 0.4) is 0 Å². The van der Waals surface area contributed by atoms with Crippen LogP contribution in [0.4, 0.5) is 0 Å². The second kappa shape index (κ2) is 8.45. The Bertz CT molecular complexity index is 1660. The van der Waals surface area contributed by atoms with Gasteiger partial charge in [-0.1, -0.05) is 42.5 Å². The van der Waals surface area contributed by atoms with Gasteiger partial charge >= 0.3 is 0 Å². The third kappa shape index (κ3) is 3.75. The maximum absolute atomic E-state index is 12.6. The van der Waals surface area contributed by atoms with Crippen LogP contribution in [-0.2, 0) is 4.79 Å². The van der Waals surface area contributed by atoms with Gasteiger partial charge in [0.1, 0.15) is 11.3 Å². The minimum atomic E-state index is 0.262. The molecule has 2 aromatic heterocycles. The first-order valence-corrected chi connectivity index (χ1v) is 13.1. The van der Waals surface area contributed by atoms with E-state index in [2.05, 4.69) is 85.4 Å². The summed E-state index contributed by atoms with van der Waals surface area (Å²) in [4.78, 5) is 19.6. The molecule has 0 radical (unpaired) electrons. The van der Waals surface area contributed by atoms with Crippen LogP contribution in [-0.4, -0.2) is 43.6 Å². The second-order valence-electron chi connectivity index (χ2n) is 9.73. The molecule has 1 N–H and O–H groups in total. The van der Waals surface area contributed by atoms with E-state index in [9.17, 15) is 4.79 Å². The first kappa shape index (κ1) is 21.6. The van der Waals surface area contributed by atoms with E-state index in [1.54, 1.807) is 0 Å². The fraction of sp³-hybridized carbons (Fsp3) is 0.207. The third-order valence-electron chi connectivity index (χ3n) is 7.24. The molecule has 1 amide bonds. The molecule has 3 heterocycles. The summed E-state index contributed by atoms with van der Waals surface area (Å²) >= 11 is 3.68. The second-order valence-corrected chi connectivity index (χ2v) is 10.6. The number of nitrogens with one attached hydrogen (secondary N) is 1. The molecule has 36 heavy (non-hydrogen) atoms. The molecule has 3 aromatic carbocycles. The summed E-state index contributed by atoms with van der Waals surface area (Å²) in [6.45, 7) is 1.51. The van der Waals surface area contributed by atoms with Crippen LogP contribution in [0.25, 0.3) is 50.7 Å². The molecule has 1 aliphatic carbocycles. The van der Waals surface area contributed by atoms with Gasteiger partial charge in [-0.2, -0.15) is 5.10 Å². The van der Waals surface area contributed by atoms with Gasteiger partial charge in [0.2, 0.25) is 5.91 Å². The zero-order valence-electron chi connectivity index (χ0n) is 19.6. The molecule has 6 nitrogen and oxygen atoms in total. The average molecular weight is 538 g/mol. The Morgan fingerprint density at radius 1 is 1.03 bits per heavy atom. The van der Waals surface area contributed by atoms with Gasteiger partial charge in [0, 0.05) is 40.6 Å². The highest BCUT2D eigenvalue weighted by molar-refractivity contribution is 9.10. The molecule has 0 spiro atoms. The number of hydrogen-bond donors (Lipinski definition) is 1. The number of nitrogens with zero attached hydrogens (tertiary/aromatic N) is 4. The number of carbonyl (C=O) groups is 1. The number of likely N-dealkylation sites (tertiary alicyclic amines) is 1. The van der Waals surface area contributed by atoms with Crippen LogP contribution >= 0.6 is 15.9 Å². The summed E-state index contributed by atoms with van der Waals surface area (Å²) in [5, 5.41) is 8.28. The molecule has 2 aliphatic rings. The van der Waals surface area contributed by atoms with E-state index in [0.717, 1.165) is 74.7 Å². The first-order valence-electron chi connectivity index (χ1n) is 12.3. The number of amides is 1. The molecule has 7 rings (SSSR count). The number of hydrogen-bond acceptors (Lipinski definition) is 3. The highest BCUT2D eigenvalue weighted by Gasteiger charge is 2.35. The van der Waals surface area contributed by atoms with E-state index in [0.29, 0.717) is 12.5 Å². The van der Waals surface area contributed by atoms with E-state index < -0.39 is 0 Å². The maximum Gasteiger partial charge on any atom is 0.225 e. The Labute approximate surface area is 216 Å². The van der Waals surface area contributed by atoms with Crippen molar-refractivity contribution < 1.29 is 4.79 Å². The standard InChI is InChI=1S/C29H24BrN5O/c30-24-2-1-3-26-27(24)32-28(35(26)17-18-12-13-34(16-18)29(36)21-8-9-21)20-6-4-19(5-7-20)22-10-11-23-15-31-33-25(23)14-22/h1-7,10-11,14-15,17,21H,8-9,12-13,16H2,(H,31,33).